The summed E-state index contributed by atoms with van der Waals surface area (Å²) < 4.78 is 0. The van der Waals surface area contributed by atoms with Gasteiger partial charge in [-0.3, -0.25) is 4.90 Å². The fourth-order valence-electron chi connectivity index (χ4n) is 3.96. The zero-order chi connectivity index (χ0) is 13.7. The molecule has 1 N–H and O–H groups in total. The van der Waals surface area contributed by atoms with Crippen molar-refractivity contribution >= 4 is 0 Å². The molecule has 1 aliphatic heterocycles. The van der Waals surface area contributed by atoms with E-state index in [1.54, 1.807) is 0 Å². The van der Waals surface area contributed by atoms with Crippen LogP contribution in [0.5, 0.6) is 0 Å². The molecule has 1 saturated carbocycles. The first-order valence-electron chi connectivity index (χ1n) is 8.63. The number of hydrogen-bond acceptors (Lipinski definition) is 2. The average Bonchev–Trinajstić information content (AvgIpc) is 2.39. The standard InChI is InChI=1S/C17H34N2/c1-14(2)12-18-13-17-8-4-5-10-19(17)16-9-6-7-15(3)11-16/h14-18H,4-13H2,1-3H3. The highest BCUT2D eigenvalue weighted by Gasteiger charge is 2.31. The van der Waals surface area contributed by atoms with E-state index in [1.165, 1.54) is 64.6 Å². The molecule has 2 aliphatic rings. The smallest absolute Gasteiger partial charge is 0.0223 e. The van der Waals surface area contributed by atoms with Gasteiger partial charge >= 0.3 is 0 Å². The monoisotopic (exact) mass is 266 g/mol. The van der Waals surface area contributed by atoms with Crippen LogP contribution in [-0.2, 0) is 0 Å². The molecule has 1 heterocycles. The topological polar surface area (TPSA) is 15.3 Å². The third kappa shape index (κ3) is 4.75. The van der Waals surface area contributed by atoms with Gasteiger partial charge in [-0.25, -0.2) is 0 Å². The van der Waals surface area contributed by atoms with Gasteiger partial charge in [-0.2, -0.15) is 0 Å². The van der Waals surface area contributed by atoms with E-state index in [0.29, 0.717) is 0 Å². The van der Waals surface area contributed by atoms with Crippen molar-refractivity contribution in [1.82, 2.24) is 10.2 Å². The molecule has 0 aromatic rings. The molecular formula is C17H34N2. The fraction of sp³-hybridized carbons (Fsp3) is 1.00. The van der Waals surface area contributed by atoms with E-state index in [9.17, 15) is 0 Å². The van der Waals surface area contributed by atoms with E-state index in [2.05, 4.69) is 31.0 Å². The van der Waals surface area contributed by atoms with Crippen LogP contribution in [0.2, 0.25) is 0 Å². The summed E-state index contributed by atoms with van der Waals surface area (Å²) in [6.07, 6.45) is 10.1. The molecule has 3 atom stereocenters. The second-order valence-electron chi connectivity index (χ2n) is 7.37. The SMILES string of the molecule is CC(C)CNCC1CCCCN1C1CCCC(C)C1. The first-order valence-corrected chi connectivity index (χ1v) is 8.63. The predicted molar refractivity (Wildman–Crippen MR) is 83.5 cm³/mol. The van der Waals surface area contributed by atoms with Gasteiger partial charge in [-0.15, -0.1) is 0 Å². The molecule has 2 rings (SSSR count). The maximum absolute atomic E-state index is 3.69. The quantitative estimate of drug-likeness (QED) is 0.817. The molecule has 2 heteroatoms. The molecule has 1 saturated heterocycles. The summed E-state index contributed by atoms with van der Waals surface area (Å²) in [4.78, 5) is 2.87. The highest BCUT2D eigenvalue weighted by molar-refractivity contribution is 4.87. The van der Waals surface area contributed by atoms with Crippen LogP contribution in [-0.4, -0.2) is 36.6 Å². The lowest BCUT2D eigenvalue weighted by Gasteiger charge is -2.44. The molecular weight excluding hydrogens is 232 g/mol. The van der Waals surface area contributed by atoms with Crippen LogP contribution < -0.4 is 5.32 Å². The van der Waals surface area contributed by atoms with Crippen LogP contribution in [0.4, 0.5) is 0 Å². The van der Waals surface area contributed by atoms with E-state index < -0.39 is 0 Å². The second kappa shape index (κ2) is 7.64. The minimum Gasteiger partial charge on any atom is -0.315 e. The Morgan fingerprint density at radius 3 is 2.68 bits per heavy atom. The minimum atomic E-state index is 0.770. The summed E-state index contributed by atoms with van der Waals surface area (Å²) in [5.41, 5.74) is 0. The largest absolute Gasteiger partial charge is 0.315 e. The molecule has 0 radical (unpaired) electrons. The lowest BCUT2D eigenvalue weighted by molar-refractivity contribution is 0.0602. The van der Waals surface area contributed by atoms with Crippen LogP contribution in [0.15, 0.2) is 0 Å². The first-order chi connectivity index (χ1) is 9.16. The number of rotatable bonds is 5. The molecule has 0 spiro atoms. The van der Waals surface area contributed by atoms with E-state index >= 15 is 0 Å². The molecule has 0 aromatic carbocycles. The fourth-order valence-corrected chi connectivity index (χ4v) is 3.96. The molecule has 0 bridgehead atoms. The van der Waals surface area contributed by atoms with Crippen molar-refractivity contribution in [3.05, 3.63) is 0 Å². The van der Waals surface area contributed by atoms with Gasteiger partial charge in [-0.05, 0) is 50.6 Å². The van der Waals surface area contributed by atoms with E-state index in [4.69, 9.17) is 0 Å². The number of likely N-dealkylation sites (tertiary alicyclic amines) is 1. The number of hydrogen-bond donors (Lipinski definition) is 1. The van der Waals surface area contributed by atoms with Crippen molar-refractivity contribution in [2.45, 2.75) is 77.8 Å². The maximum Gasteiger partial charge on any atom is 0.0223 e. The zero-order valence-corrected chi connectivity index (χ0v) is 13.3. The van der Waals surface area contributed by atoms with Crippen LogP contribution in [0.3, 0.4) is 0 Å². The van der Waals surface area contributed by atoms with E-state index in [-0.39, 0.29) is 0 Å². The molecule has 1 aliphatic carbocycles. The van der Waals surface area contributed by atoms with Crippen molar-refractivity contribution in [3.8, 4) is 0 Å². The third-order valence-corrected chi connectivity index (χ3v) is 4.98. The van der Waals surface area contributed by atoms with Crippen molar-refractivity contribution in [3.63, 3.8) is 0 Å². The van der Waals surface area contributed by atoms with Gasteiger partial charge < -0.3 is 5.32 Å². The van der Waals surface area contributed by atoms with Gasteiger partial charge in [0.1, 0.15) is 0 Å². The van der Waals surface area contributed by atoms with Crippen LogP contribution in [0, 0.1) is 11.8 Å². The van der Waals surface area contributed by atoms with Gasteiger partial charge in [0, 0.05) is 18.6 Å². The summed E-state index contributed by atoms with van der Waals surface area (Å²) in [5, 5.41) is 3.69. The van der Waals surface area contributed by atoms with Crippen LogP contribution >= 0.6 is 0 Å². The summed E-state index contributed by atoms with van der Waals surface area (Å²) >= 11 is 0. The Morgan fingerprint density at radius 2 is 1.95 bits per heavy atom. The van der Waals surface area contributed by atoms with Crippen molar-refractivity contribution in [1.29, 1.82) is 0 Å². The maximum atomic E-state index is 3.69. The lowest BCUT2D eigenvalue weighted by atomic mass is 9.84. The minimum absolute atomic E-state index is 0.770. The van der Waals surface area contributed by atoms with Gasteiger partial charge in [0.05, 0.1) is 0 Å². The Labute approximate surface area is 120 Å². The lowest BCUT2D eigenvalue weighted by Crippen LogP contribution is -2.51. The summed E-state index contributed by atoms with van der Waals surface area (Å²) in [6.45, 7) is 10.8. The predicted octanol–water partition coefficient (Wildman–Crippen LogP) is 3.67. The van der Waals surface area contributed by atoms with Gasteiger partial charge in [0.2, 0.25) is 0 Å². The summed E-state index contributed by atoms with van der Waals surface area (Å²) in [6, 6.07) is 1.69. The van der Waals surface area contributed by atoms with E-state index in [0.717, 1.165) is 23.9 Å². The Kier molecular flexibility index (Phi) is 6.15. The molecule has 0 amide bonds. The highest BCUT2D eigenvalue weighted by Crippen LogP contribution is 2.31. The third-order valence-electron chi connectivity index (χ3n) is 4.98. The Hall–Kier alpha value is -0.0800. The van der Waals surface area contributed by atoms with Gasteiger partial charge in [-0.1, -0.05) is 40.0 Å². The number of piperidine rings is 1. The number of nitrogens with one attached hydrogen (secondary N) is 1. The normalized spacial score (nSPS) is 33.8. The average molecular weight is 266 g/mol. The molecule has 19 heavy (non-hydrogen) atoms. The second-order valence-corrected chi connectivity index (χ2v) is 7.37. The molecule has 2 fully saturated rings. The van der Waals surface area contributed by atoms with Crippen LogP contribution in [0.1, 0.15) is 65.7 Å². The van der Waals surface area contributed by atoms with Gasteiger partial charge in [0.15, 0.2) is 0 Å². The Balaban J connectivity index is 1.84. The number of nitrogens with zero attached hydrogens (tertiary/aromatic N) is 1. The molecule has 2 nitrogen and oxygen atoms in total. The van der Waals surface area contributed by atoms with Gasteiger partial charge in [0.25, 0.3) is 0 Å². The molecule has 3 unspecified atom stereocenters. The van der Waals surface area contributed by atoms with Crippen molar-refractivity contribution in [2.75, 3.05) is 19.6 Å². The molecule has 0 aromatic heterocycles. The Morgan fingerprint density at radius 1 is 1.11 bits per heavy atom. The summed E-state index contributed by atoms with van der Waals surface area (Å²) in [5.74, 6) is 1.72. The summed E-state index contributed by atoms with van der Waals surface area (Å²) in [7, 11) is 0. The zero-order valence-electron chi connectivity index (χ0n) is 13.3. The Bertz CT molecular complexity index is 252. The molecule has 112 valence electrons. The van der Waals surface area contributed by atoms with E-state index in [1.807, 2.05) is 0 Å². The van der Waals surface area contributed by atoms with Crippen LogP contribution in [0.25, 0.3) is 0 Å². The highest BCUT2D eigenvalue weighted by atomic mass is 15.2. The first kappa shape index (κ1) is 15.3. The van der Waals surface area contributed by atoms with Crippen molar-refractivity contribution < 1.29 is 0 Å². The van der Waals surface area contributed by atoms with Crippen molar-refractivity contribution in [2.24, 2.45) is 11.8 Å².